The van der Waals surface area contributed by atoms with Crippen LogP contribution in [0.4, 0.5) is 4.79 Å². The Hall–Kier alpha value is -0.890. The lowest BCUT2D eigenvalue weighted by Crippen LogP contribution is -2.37. The van der Waals surface area contributed by atoms with Crippen LogP contribution in [0, 0.1) is 0 Å². The highest BCUT2D eigenvalue weighted by Gasteiger charge is 2.12. The van der Waals surface area contributed by atoms with E-state index in [1.54, 1.807) is 7.11 Å². The Kier molecular flexibility index (Phi) is 41.5. The first-order valence-electron chi connectivity index (χ1n) is 20.9. The minimum atomic E-state index is -0.442. The van der Waals surface area contributed by atoms with Crippen molar-refractivity contribution in [3.63, 3.8) is 0 Å². The summed E-state index contributed by atoms with van der Waals surface area (Å²) in [6, 6.07) is 0. The van der Waals surface area contributed by atoms with E-state index in [4.69, 9.17) is 23.7 Å². The zero-order chi connectivity index (χ0) is 34.9. The summed E-state index contributed by atoms with van der Waals surface area (Å²) < 4.78 is 27.7. The molecule has 0 aromatic heterocycles. The van der Waals surface area contributed by atoms with Crippen LogP contribution in [-0.2, 0) is 23.7 Å². The van der Waals surface area contributed by atoms with Crippen molar-refractivity contribution in [3.8, 4) is 0 Å². The predicted molar refractivity (Wildman–Crippen MR) is 203 cm³/mol. The standard InChI is InChI=1S/C41H83NO6/c1-4-6-8-10-12-14-16-18-20-22-24-26-28-30-32-46-39-40(38-42-41(43)48-37-36-45-35-34-44-3)47-33-31-29-27-25-23-21-19-17-15-13-11-9-7-5-2/h40H,4-39H2,1-3H3,(H,42,43). The Morgan fingerprint density at radius 1 is 0.458 bits per heavy atom. The van der Waals surface area contributed by atoms with Crippen LogP contribution in [0.2, 0.25) is 0 Å². The fourth-order valence-corrected chi connectivity index (χ4v) is 6.01. The fourth-order valence-electron chi connectivity index (χ4n) is 6.01. The van der Waals surface area contributed by atoms with Gasteiger partial charge in [-0.05, 0) is 12.8 Å². The normalized spacial score (nSPS) is 12.1. The van der Waals surface area contributed by atoms with Crippen molar-refractivity contribution in [2.45, 2.75) is 200 Å². The van der Waals surface area contributed by atoms with Gasteiger partial charge in [-0.1, -0.05) is 181 Å². The molecule has 1 N–H and O–H groups in total. The topological polar surface area (TPSA) is 75.3 Å². The molecule has 0 fully saturated rings. The molecular weight excluding hydrogens is 602 g/mol. The molecule has 7 heteroatoms. The first kappa shape index (κ1) is 47.1. The molecule has 0 heterocycles. The second-order valence-corrected chi connectivity index (χ2v) is 13.9. The molecular formula is C41H83NO6. The highest BCUT2D eigenvalue weighted by atomic mass is 16.6. The molecule has 0 rings (SSSR count). The van der Waals surface area contributed by atoms with Crippen molar-refractivity contribution in [2.75, 3.05) is 59.9 Å². The Morgan fingerprint density at radius 2 is 0.854 bits per heavy atom. The molecule has 0 aliphatic heterocycles. The Labute approximate surface area is 299 Å². The van der Waals surface area contributed by atoms with Crippen molar-refractivity contribution < 1.29 is 28.5 Å². The Bertz CT molecular complexity index is 607. The number of hydrogen-bond donors (Lipinski definition) is 1. The molecule has 1 amide bonds. The van der Waals surface area contributed by atoms with Gasteiger partial charge in [0.1, 0.15) is 6.61 Å². The summed E-state index contributed by atoms with van der Waals surface area (Å²) in [4.78, 5) is 12.2. The molecule has 1 atom stereocenters. The maximum atomic E-state index is 12.2. The SMILES string of the molecule is CCCCCCCCCCCCCCCCOCC(CNC(=O)OCCOCCOC)OCCCCCCCCCCCCCCCC. The molecule has 0 aliphatic rings. The number of ether oxygens (including phenoxy) is 5. The minimum absolute atomic E-state index is 0.163. The third-order valence-electron chi connectivity index (χ3n) is 9.16. The number of unbranched alkanes of at least 4 members (excludes halogenated alkanes) is 26. The van der Waals surface area contributed by atoms with Crippen LogP contribution in [0.25, 0.3) is 0 Å². The lowest BCUT2D eigenvalue weighted by molar-refractivity contribution is -0.0180. The number of carbonyl (C=O) groups excluding carboxylic acids is 1. The third-order valence-corrected chi connectivity index (χ3v) is 9.16. The first-order valence-corrected chi connectivity index (χ1v) is 20.9. The van der Waals surface area contributed by atoms with Gasteiger partial charge < -0.3 is 29.0 Å². The zero-order valence-corrected chi connectivity index (χ0v) is 32.5. The molecule has 0 aromatic carbocycles. The summed E-state index contributed by atoms with van der Waals surface area (Å²) in [6.45, 7) is 8.51. The van der Waals surface area contributed by atoms with Crippen molar-refractivity contribution in [2.24, 2.45) is 0 Å². The van der Waals surface area contributed by atoms with Gasteiger partial charge in [-0.2, -0.15) is 0 Å². The largest absolute Gasteiger partial charge is 0.447 e. The smallest absolute Gasteiger partial charge is 0.407 e. The molecule has 0 spiro atoms. The number of methoxy groups -OCH3 is 1. The van der Waals surface area contributed by atoms with Gasteiger partial charge in [-0.15, -0.1) is 0 Å². The van der Waals surface area contributed by atoms with Gasteiger partial charge in [-0.3, -0.25) is 0 Å². The molecule has 7 nitrogen and oxygen atoms in total. The summed E-state index contributed by atoms with van der Waals surface area (Å²) in [5.74, 6) is 0. The van der Waals surface area contributed by atoms with Crippen molar-refractivity contribution in [1.82, 2.24) is 5.32 Å². The van der Waals surface area contributed by atoms with Crippen LogP contribution >= 0.6 is 0 Å². The summed E-state index contributed by atoms with van der Waals surface area (Å²) in [5, 5.41) is 2.85. The number of nitrogens with one attached hydrogen (secondary N) is 1. The lowest BCUT2D eigenvalue weighted by atomic mass is 10.0. The number of rotatable bonds is 41. The van der Waals surface area contributed by atoms with E-state index in [2.05, 4.69) is 19.2 Å². The van der Waals surface area contributed by atoms with Gasteiger partial charge in [0, 0.05) is 26.9 Å². The van der Waals surface area contributed by atoms with E-state index in [1.165, 1.54) is 167 Å². The Balaban J connectivity index is 3.96. The molecule has 0 saturated heterocycles. The molecule has 0 aliphatic carbocycles. The van der Waals surface area contributed by atoms with Crippen molar-refractivity contribution in [3.05, 3.63) is 0 Å². The zero-order valence-electron chi connectivity index (χ0n) is 32.5. The van der Waals surface area contributed by atoms with E-state index in [1.807, 2.05) is 0 Å². The van der Waals surface area contributed by atoms with Gasteiger partial charge >= 0.3 is 6.09 Å². The number of amides is 1. The van der Waals surface area contributed by atoms with E-state index < -0.39 is 6.09 Å². The quantitative estimate of drug-likeness (QED) is 0.0646. The highest BCUT2D eigenvalue weighted by molar-refractivity contribution is 5.67. The van der Waals surface area contributed by atoms with Crippen LogP contribution in [0.3, 0.4) is 0 Å². The third kappa shape index (κ3) is 39.5. The number of hydrogen-bond acceptors (Lipinski definition) is 6. The van der Waals surface area contributed by atoms with E-state index in [-0.39, 0.29) is 12.7 Å². The predicted octanol–water partition coefficient (Wildman–Crippen LogP) is 11.7. The summed E-state index contributed by atoms with van der Waals surface area (Å²) in [6.07, 6.45) is 37.2. The number of carbonyl (C=O) groups is 1. The lowest BCUT2D eigenvalue weighted by Gasteiger charge is -2.19. The summed E-state index contributed by atoms with van der Waals surface area (Å²) >= 11 is 0. The second kappa shape index (κ2) is 42.3. The average molecular weight is 686 g/mol. The maximum Gasteiger partial charge on any atom is 0.407 e. The molecule has 48 heavy (non-hydrogen) atoms. The fraction of sp³-hybridized carbons (Fsp3) is 0.976. The van der Waals surface area contributed by atoms with E-state index >= 15 is 0 Å². The van der Waals surface area contributed by atoms with Gasteiger partial charge in [0.15, 0.2) is 0 Å². The van der Waals surface area contributed by atoms with Crippen LogP contribution in [0.5, 0.6) is 0 Å². The van der Waals surface area contributed by atoms with Crippen molar-refractivity contribution in [1.29, 1.82) is 0 Å². The monoisotopic (exact) mass is 686 g/mol. The van der Waals surface area contributed by atoms with Crippen LogP contribution < -0.4 is 5.32 Å². The summed E-state index contributed by atoms with van der Waals surface area (Å²) in [7, 11) is 1.63. The highest BCUT2D eigenvalue weighted by Crippen LogP contribution is 2.14. The van der Waals surface area contributed by atoms with Gasteiger partial charge in [-0.25, -0.2) is 4.79 Å². The van der Waals surface area contributed by atoms with Gasteiger partial charge in [0.25, 0.3) is 0 Å². The number of alkyl carbamates (subject to hydrolysis) is 1. The van der Waals surface area contributed by atoms with Gasteiger partial charge in [0.2, 0.25) is 0 Å². The second-order valence-electron chi connectivity index (χ2n) is 13.9. The average Bonchev–Trinajstić information content (AvgIpc) is 3.09. The van der Waals surface area contributed by atoms with E-state index in [0.29, 0.717) is 39.6 Å². The maximum absolute atomic E-state index is 12.2. The van der Waals surface area contributed by atoms with Crippen molar-refractivity contribution >= 4 is 6.09 Å². The molecule has 0 bridgehead atoms. The molecule has 1 unspecified atom stereocenters. The minimum Gasteiger partial charge on any atom is -0.447 e. The molecule has 0 radical (unpaired) electrons. The first-order chi connectivity index (χ1) is 23.7. The van der Waals surface area contributed by atoms with Gasteiger partial charge in [0.05, 0.1) is 32.5 Å². The molecule has 0 saturated carbocycles. The van der Waals surface area contributed by atoms with E-state index in [9.17, 15) is 4.79 Å². The molecule has 0 aromatic rings. The molecule has 288 valence electrons. The summed E-state index contributed by atoms with van der Waals surface area (Å²) in [5.41, 5.74) is 0. The van der Waals surface area contributed by atoms with Crippen LogP contribution in [-0.4, -0.2) is 72.1 Å². The van der Waals surface area contributed by atoms with E-state index in [0.717, 1.165) is 19.4 Å². The van der Waals surface area contributed by atoms with Crippen LogP contribution in [0.1, 0.15) is 194 Å². The van der Waals surface area contributed by atoms with Crippen LogP contribution in [0.15, 0.2) is 0 Å². The Morgan fingerprint density at radius 3 is 1.29 bits per heavy atom.